The second-order valence-electron chi connectivity index (χ2n) is 7.44. The summed E-state index contributed by atoms with van der Waals surface area (Å²) in [5, 5.41) is 10.8. The Kier molecular flexibility index (Phi) is 6.90. The maximum Gasteiger partial charge on any atom is 0.274 e. The zero-order valence-corrected chi connectivity index (χ0v) is 21.4. The minimum absolute atomic E-state index is 0.0347. The molecule has 1 fully saturated rings. The first-order valence-corrected chi connectivity index (χ1v) is 12.1. The molecule has 11 heteroatoms. The van der Waals surface area contributed by atoms with Gasteiger partial charge in [0.05, 0.1) is 16.3 Å². The second-order valence-corrected chi connectivity index (χ2v) is 9.95. The molecule has 3 aromatic rings. The highest BCUT2D eigenvalue weighted by molar-refractivity contribution is 9.10. The lowest BCUT2D eigenvalue weighted by Gasteiger charge is -2.17. The number of carbonyl (C=O) groups excluding carboxylic acids is 2. The molecule has 32 heavy (non-hydrogen) atoms. The molecule has 2 aromatic heterocycles. The summed E-state index contributed by atoms with van der Waals surface area (Å²) in [6.45, 7) is 1.97. The largest absolute Gasteiger partial charge is 0.349 e. The second kappa shape index (κ2) is 9.51. The Bertz CT molecular complexity index is 1210. The summed E-state index contributed by atoms with van der Waals surface area (Å²) in [7, 11) is 0. The number of nitrogens with zero attached hydrogens (tertiary/aromatic N) is 3. The van der Waals surface area contributed by atoms with Gasteiger partial charge < -0.3 is 10.6 Å². The van der Waals surface area contributed by atoms with Crippen LogP contribution in [0, 0.1) is 5.92 Å². The molecule has 0 spiro atoms. The van der Waals surface area contributed by atoms with E-state index in [4.69, 9.17) is 23.2 Å². The molecule has 2 amide bonds. The van der Waals surface area contributed by atoms with Crippen LogP contribution in [0.5, 0.6) is 0 Å². The monoisotopic (exact) mass is 599 g/mol. The standard InChI is InChI=1S/C21H17Br2Cl2N5O2/c1-10(11-4-5-11)27-20(31)13-7-12(24)8-14(22)18(13)28-21(32)16-9-17(23)29-30(16)19-15(25)3-2-6-26-19/h2-3,6-11H,4-5H2,1H3,(H,27,31)(H,28,32)/t10-/m0/s1. The predicted octanol–water partition coefficient (Wildman–Crippen LogP) is 5.88. The smallest absolute Gasteiger partial charge is 0.274 e. The Balaban J connectivity index is 1.67. The summed E-state index contributed by atoms with van der Waals surface area (Å²) < 4.78 is 2.24. The fraction of sp³-hybridized carbons (Fsp3) is 0.238. The van der Waals surface area contributed by atoms with E-state index >= 15 is 0 Å². The lowest BCUT2D eigenvalue weighted by atomic mass is 10.1. The van der Waals surface area contributed by atoms with Crippen molar-refractivity contribution in [1.29, 1.82) is 0 Å². The van der Waals surface area contributed by atoms with Crippen LogP contribution in [0.1, 0.15) is 40.6 Å². The van der Waals surface area contributed by atoms with Gasteiger partial charge >= 0.3 is 0 Å². The summed E-state index contributed by atoms with van der Waals surface area (Å²) in [5.41, 5.74) is 0.735. The van der Waals surface area contributed by atoms with E-state index in [0.717, 1.165) is 12.8 Å². The number of halogens is 4. The number of nitrogens with one attached hydrogen (secondary N) is 2. The van der Waals surface area contributed by atoms with Crippen molar-refractivity contribution in [2.24, 2.45) is 5.92 Å². The molecule has 1 aliphatic rings. The maximum absolute atomic E-state index is 13.2. The highest BCUT2D eigenvalue weighted by atomic mass is 79.9. The fourth-order valence-corrected chi connectivity index (χ4v) is 4.75. The van der Waals surface area contributed by atoms with E-state index in [1.165, 1.54) is 10.7 Å². The maximum atomic E-state index is 13.2. The van der Waals surface area contributed by atoms with Crippen LogP contribution in [0.3, 0.4) is 0 Å². The van der Waals surface area contributed by atoms with E-state index in [9.17, 15) is 9.59 Å². The van der Waals surface area contributed by atoms with Crippen molar-refractivity contribution in [3.8, 4) is 5.82 Å². The van der Waals surface area contributed by atoms with E-state index < -0.39 is 5.91 Å². The first-order valence-electron chi connectivity index (χ1n) is 9.72. The van der Waals surface area contributed by atoms with Crippen molar-refractivity contribution in [3.05, 3.63) is 66.9 Å². The van der Waals surface area contributed by atoms with Gasteiger partial charge in [-0.1, -0.05) is 23.2 Å². The molecule has 1 atom stereocenters. The Morgan fingerprint density at radius 3 is 2.62 bits per heavy atom. The minimum Gasteiger partial charge on any atom is -0.349 e. The number of aromatic nitrogens is 3. The van der Waals surface area contributed by atoms with E-state index in [0.29, 0.717) is 36.5 Å². The van der Waals surface area contributed by atoms with E-state index in [1.807, 2.05) is 6.92 Å². The van der Waals surface area contributed by atoms with Crippen molar-refractivity contribution in [1.82, 2.24) is 20.1 Å². The lowest BCUT2D eigenvalue weighted by Crippen LogP contribution is -2.34. The molecule has 7 nitrogen and oxygen atoms in total. The SMILES string of the molecule is C[C@H](NC(=O)c1cc(Cl)cc(Br)c1NC(=O)c1cc(Br)nn1-c1ncccc1Cl)C1CC1. The van der Waals surface area contributed by atoms with Gasteiger partial charge in [-0.15, -0.1) is 0 Å². The van der Waals surface area contributed by atoms with Crippen molar-refractivity contribution < 1.29 is 9.59 Å². The molecule has 0 aliphatic heterocycles. The predicted molar refractivity (Wildman–Crippen MR) is 131 cm³/mol. The summed E-state index contributed by atoms with van der Waals surface area (Å²) in [6, 6.07) is 8.05. The molecule has 4 rings (SSSR count). The Hall–Kier alpha value is -1.94. The normalized spacial score (nSPS) is 14.2. The lowest BCUT2D eigenvalue weighted by molar-refractivity contribution is 0.0936. The molecule has 0 saturated heterocycles. The van der Waals surface area contributed by atoms with E-state index in [2.05, 4.69) is 52.6 Å². The van der Waals surface area contributed by atoms with Gasteiger partial charge in [0.1, 0.15) is 10.3 Å². The number of hydrogen-bond donors (Lipinski definition) is 2. The van der Waals surface area contributed by atoms with Gasteiger partial charge in [-0.2, -0.15) is 5.10 Å². The third-order valence-corrected chi connectivity index (χ3v) is 6.60. The molecule has 2 N–H and O–H groups in total. The van der Waals surface area contributed by atoms with Crippen LogP contribution in [-0.4, -0.2) is 32.6 Å². The summed E-state index contributed by atoms with van der Waals surface area (Å²) >= 11 is 19.1. The van der Waals surface area contributed by atoms with Crippen molar-refractivity contribution in [2.45, 2.75) is 25.8 Å². The average Bonchev–Trinajstić information content (AvgIpc) is 3.52. The van der Waals surface area contributed by atoms with Crippen LogP contribution < -0.4 is 10.6 Å². The first-order chi connectivity index (χ1) is 15.2. The quantitative estimate of drug-likeness (QED) is 0.369. The number of anilines is 1. The number of amides is 2. The van der Waals surface area contributed by atoms with Gasteiger partial charge in [-0.05, 0) is 81.8 Å². The number of benzene rings is 1. The molecule has 2 heterocycles. The Morgan fingerprint density at radius 2 is 1.94 bits per heavy atom. The molecular formula is C21H17Br2Cl2N5O2. The van der Waals surface area contributed by atoms with Gasteiger partial charge in [0.15, 0.2) is 5.82 Å². The highest BCUT2D eigenvalue weighted by Crippen LogP contribution is 2.34. The van der Waals surface area contributed by atoms with Crippen LogP contribution in [0.25, 0.3) is 5.82 Å². The average molecular weight is 602 g/mol. The summed E-state index contributed by atoms with van der Waals surface area (Å²) in [4.78, 5) is 30.4. The van der Waals surface area contributed by atoms with Crippen molar-refractivity contribution in [2.75, 3.05) is 5.32 Å². The van der Waals surface area contributed by atoms with E-state index in [1.54, 1.807) is 30.5 Å². The van der Waals surface area contributed by atoms with Crippen LogP contribution in [0.15, 0.2) is 45.6 Å². The zero-order valence-electron chi connectivity index (χ0n) is 16.7. The van der Waals surface area contributed by atoms with Crippen molar-refractivity contribution in [3.63, 3.8) is 0 Å². The first kappa shape index (κ1) is 23.2. The fourth-order valence-electron chi connectivity index (χ4n) is 3.26. The van der Waals surface area contributed by atoms with Crippen LogP contribution in [-0.2, 0) is 0 Å². The van der Waals surface area contributed by atoms with Gasteiger partial charge in [0.2, 0.25) is 0 Å². The number of hydrogen-bond acceptors (Lipinski definition) is 4. The Labute approximate surface area is 211 Å². The number of pyridine rings is 1. The topological polar surface area (TPSA) is 88.9 Å². The van der Waals surface area contributed by atoms with Crippen LogP contribution in [0.4, 0.5) is 5.69 Å². The summed E-state index contributed by atoms with van der Waals surface area (Å²) in [5.74, 6) is -0.0338. The third kappa shape index (κ3) is 5.01. The zero-order chi connectivity index (χ0) is 23.0. The Morgan fingerprint density at radius 1 is 1.19 bits per heavy atom. The van der Waals surface area contributed by atoms with Gasteiger partial charge in [-0.25, -0.2) is 9.67 Å². The molecule has 1 aromatic carbocycles. The third-order valence-electron chi connectivity index (χ3n) is 5.08. The molecule has 1 saturated carbocycles. The van der Waals surface area contributed by atoms with E-state index in [-0.39, 0.29) is 23.2 Å². The summed E-state index contributed by atoms with van der Waals surface area (Å²) in [6.07, 6.45) is 3.75. The minimum atomic E-state index is -0.503. The van der Waals surface area contributed by atoms with Gasteiger partial charge in [0, 0.05) is 27.8 Å². The van der Waals surface area contributed by atoms with Crippen LogP contribution in [0.2, 0.25) is 10.0 Å². The molecule has 1 aliphatic carbocycles. The number of rotatable bonds is 6. The molecular weight excluding hydrogens is 585 g/mol. The van der Waals surface area contributed by atoms with Crippen molar-refractivity contribution >= 4 is 72.6 Å². The van der Waals surface area contributed by atoms with Gasteiger partial charge in [0.25, 0.3) is 11.8 Å². The molecule has 0 unspecified atom stereocenters. The molecule has 0 bridgehead atoms. The highest BCUT2D eigenvalue weighted by Gasteiger charge is 2.30. The number of carbonyl (C=O) groups is 2. The molecule has 166 valence electrons. The van der Waals surface area contributed by atoms with Gasteiger partial charge in [-0.3, -0.25) is 9.59 Å². The molecule has 0 radical (unpaired) electrons. The van der Waals surface area contributed by atoms with Crippen LogP contribution >= 0.6 is 55.1 Å².